The van der Waals surface area contributed by atoms with Crippen molar-refractivity contribution in [1.82, 2.24) is 20.1 Å². The predicted octanol–water partition coefficient (Wildman–Crippen LogP) is 1.42. The number of nitrogens with zero attached hydrogens (tertiary/aromatic N) is 3. The van der Waals surface area contributed by atoms with Gasteiger partial charge in [0.15, 0.2) is 11.6 Å². The molecule has 1 fully saturated rings. The van der Waals surface area contributed by atoms with Gasteiger partial charge in [-0.25, -0.2) is 4.98 Å². The number of amides is 1. The summed E-state index contributed by atoms with van der Waals surface area (Å²) < 4.78 is 18.5. The highest BCUT2D eigenvalue weighted by Crippen LogP contribution is 2.20. The number of carbonyl (C=O) groups excluding carboxylic acids is 1. The van der Waals surface area contributed by atoms with E-state index in [2.05, 4.69) is 15.4 Å². The summed E-state index contributed by atoms with van der Waals surface area (Å²) >= 11 is 0. The van der Waals surface area contributed by atoms with Gasteiger partial charge in [0.25, 0.3) is 5.91 Å². The Morgan fingerprint density at radius 2 is 2.25 bits per heavy atom. The third-order valence-corrected chi connectivity index (χ3v) is 3.83. The average molecular weight is 334 g/mol. The molecule has 2 atom stereocenters. The van der Waals surface area contributed by atoms with Gasteiger partial charge in [-0.2, -0.15) is 5.10 Å². The zero-order chi connectivity index (χ0) is 17.3. The van der Waals surface area contributed by atoms with Crippen molar-refractivity contribution in [2.45, 2.75) is 38.8 Å². The lowest BCUT2D eigenvalue weighted by Crippen LogP contribution is -2.45. The first kappa shape index (κ1) is 16.5. The van der Waals surface area contributed by atoms with Crippen molar-refractivity contribution in [3.05, 3.63) is 29.7 Å². The van der Waals surface area contributed by atoms with E-state index in [1.54, 1.807) is 24.0 Å². The summed E-state index contributed by atoms with van der Waals surface area (Å²) in [6, 6.07) is -0.260. The Labute approximate surface area is 140 Å². The lowest BCUT2D eigenvalue weighted by molar-refractivity contribution is 0.0873. The van der Waals surface area contributed by atoms with Gasteiger partial charge in [-0.05, 0) is 6.92 Å². The van der Waals surface area contributed by atoms with Crippen molar-refractivity contribution in [2.24, 2.45) is 7.05 Å². The average Bonchev–Trinajstić information content (AvgIpc) is 3.21. The molecule has 130 valence electrons. The molecular weight excluding hydrogens is 312 g/mol. The van der Waals surface area contributed by atoms with Gasteiger partial charge in [-0.3, -0.25) is 9.48 Å². The summed E-state index contributed by atoms with van der Waals surface area (Å²) in [5, 5.41) is 6.98. The molecule has 0 aromatic carbocycles. The lowest BCUT2D eigenvalue weighted by Gasteiger charge is -2.19. The van der Waals surface area contributed by atoms with Crippen LogP contribution in [-0.4, -0.2) is 46.0 Å². The molecule has 2 aromatic heterocycles. The molecular formula is C16H22N4O4. The molecule has 3 rings (SSSR count). The Morgan fingerprint density at radius 1 is 1.46 bits per heavy atom. The zero-order valence-electron chi connectivity index (χ0n) is 14.3. The van der Waals surface area contributed by atoms with E-state index in [4.69, 9.17) is 13.9 Å². The maximum absolute atomic E-state index is 12.5. The Hall–Kier alpha value is -2.35. The summed E-state index contributed by atoms with van der Waals surface area (Å²) in [5.41, 5.74) is 0.583. The molecule has 0 radical (unpaired) electrons. The molecule has 8 heteroatoms. The molecule has 0 aliphatic carbocycles. The van der Waals surface area contributed by atoms with E-state index in [-0.39, 0.29) is 29.7 Å². The number of hydrogen-bond acceptors (Lipinski definition) is 6. The quantitative estimate of drug-likeness (QED) is 0.889. The molecule has 1 saturated heterocycles. The maximum Gasteiger partial charge on any atom is 0.289 e. The van der Waals surface area contributed by atoms with Crippen LogP contribution in [0.1, 0.15) is 41.9 Å². The van der Waals surface area contributed by atoms with Crippen LogP contribution < -0.4 is 10.1 Å². The third kappa shape index (κ3) is 3.43. The molecule has 8 nitrogen and oxygen atoms in total. The first-order valence-corrected chi connectivity index (χ1v) is 7.95. The van der Waals surface area contributed by atoms with Gasteiger partial charge in [0.1, 0.15) is 6.10 Å². The molecule has 1 aliphatic heterocycles. The second-order valence-electron chi connectivity index (χ2n) is 6.24. The number of ether oxygens (including phenoxy) is 2. The highest BCUT2D eigenvalue weighted by Gasteiger charge is 2.33. The highest BCUT2D eigenvalue weighted by atomic mass is 16.5. The highest BCUT2D eigenvalue weighted by molar-refractivity contribution is 5.92. The van der Waals surface area contributed by atoms with Crippen LogP contribution in [-0.2, 0) is 11.8 Å². The van der Waals surface area contributed by atoms with Crippen molar-refractivity contribution in [1.29, 1.82) is 0 Å². The van der Waals surface area contributed by atoms with Gasteiger partial charge in [0.05, 0.1) is 37.3 Å². The van der Waals surface area contributed by atoms with E-state index in [9.17, 15) is 4.79 Å². The molecule has 1 aliphatic rings. The van der Waals surface area contributed by atoms with Crippen LogP contribution in [0.4, 0.5) is 0 Å². The third-order valence-electron chi connectivity index (χ3n) is 3.83. The molecule has 2 aromatic rings. The minimum absolute atomic E-state index is 0.127. The fraction of sp³-hybridized carbons (Fsp3) is 0.562. The van der Waals surface area contributed by atoms with Crippen molar-refractivity contribution in [3.63, 3.8) is 0 Å². The van der Waals surface area contributed by atoms with Gasteiger partial charge in [0, 0.05) is 13.0 Å². The van der Waals surface area contributed by atoms with E-state index in [1.165, 1.54) is 0 Å². The molecule has 0 spiro atoms. The van der Waals surface area contributed by atoms with Crippen LogP contribution in [0.5, 0.6) is 5.75 Å². The summed E-state index contributed by atoms with van der Waals surface area (Å²) in [6.07, 6.45) is 3.13. The van der Waals surface area contributed by atoms with Crippen molar-refractivity contribution < 1.29 is 18.7 Å². The molecule has 1 amide bonds. The van der Waals surface area contributed by atoms with Crippen molar-refractivity contribution in [2.75, 3.05) is 13.2 Å². The zero-order valence-corrected chi connectivity index (χ0v) is 14.3. The molecule has 1 N–H and O–H groups in total. The fourth-order valence-corrected chi connectivity index (χ4v) is 2.53. The molecule has 0 unspecified atom stereocenters. The number of nitrogens with one attached hydrogen (secondary N) is 1. The van der Waals surface area contributed by atoms with Crippen LogP contribution in [0.3, 0.4) is 0 Å². The van der Waals surface area contributed by atoms with E-state index in [1.807, 2.05) is 20.9 Å². The minimum atomic E-state index is -0.304. The summed E-state index contributed by atoms with van der Waals surface area (Å²) in [5.74, 6) is 1.27. The smallest absolute Gasteiger partial charge is 0.289 e. The fourth-order valence-electron chi connectivity index (χ4n) is 2.53. The van der Waals surface area contributed by atoms with Crippen LogP contribution in [0.15, 0.2) is 16.8 Å². The Morgan fingerprint density at radius 3 is 2.88 bits per heavy atom. The first-order valence-electron chi connectivity index (χ1n) is 7.95. The number of aryl methyl sites for hydroxylation is 2. The van der Waals surface area contributed by atoms with E-state index >= 15 is 0 Å². The Balaban J connectivity index is 1.66. The number of oxazole rings is 1. The van der Waals surface area contributed by atoms with E-state index in [0.29, 0.717) is 30.5 Å². The molecule has 24 heavy (non-hydrogen) atoms. The van der Waals surface area contributed by atoms with Gasteiger partial charge in [-0.15, -0.1) is 0 Å². The standard InChI is InChI=1S/C16H22N4O4/c1-9(2)16-18-10(3)14(24-16)15(21)19-12-7-22-8-13(12)23-11-5-17-20(4)6-11/h5-6,9,12-13H,7-8H2,1-4H3,(H,19,21)/t12-,13+/m0/s1. The van der Waals surface area contributed by atoms with Gasteiger partial charge in [0.2, 0.25) is 5.76 Å². The topological polar surface area (TPSA) is 91.4 Å². The first-order chi connectivity index (χ1) is 11.4. The van der Waals surface area contributed by atoms with Crippen LogP contribution in [0, 0.1) is 6.92 Å². The SMILES string of the molecule is Cc1nc(C(C)C)oc1C(=O)N[C@H]1COC[C@H]1Oc1cnn(C)c1. The van der Waals surface area contributed by atoms with Gasteiger partial charge < -0.3 is 19.2 Å². The Kier molecular flexibility index (Phi) is 4.57. The normalized spacial score (nSPS) is 20.5. The number of hydrogen-bond donors (Lipinski definition) is 1. The predicted molar refractivity (Wildman–Crippen MR) is 85.0 cm³/mol. The lowest BCUT2D eigenvalue weighted by atomic mass is 10.2. The second kappa shape index (κ2) is 6.64. The Bertz CT molecular complexity index is 721. The molecule has 0 bridgehead atoms. The maximum atomic E-state index is 12.5. The van der Waals surface area contributed by atoms with Crippen molar-refractivity contribution in [3.8, 4) is 5.75 Å². The summed E-state index contributed by atoms with van der Waals surface area (Å²) in [4.78, 5) is 16.8. The van der Waals surface area contributed by atoms with E-state index in [0.717, 1.165) is 0 Å². The van der Waals surface area contributed by atoms with Crippen LogP contribution in [0.25, 0.3) is 0 Å². The number of aromatic nitrogens is 3. The van der Waals surface area contributed by atoms with Crippen molar-refractivity contribution >= 4 is 5.91 Å². The minimum Gasteiger partial charge on any atom is -0.482 e. The van der Waals surface area contributed by atoms with Crippen LogP contribution in [0.2, 0.25) is 0 Å². The largest absolute Gasteiger partial charge is 0.482 e. The molecule has 0 saturated carbocycles. The summed E-state index contributed by atoms with van der Waals surface area (Å²) in [7, 11) is 1.82. The number of carbonyl (C=O) groups is 1. The monoisotopic (exact) mass is 334 g/mol. The number of rotatable bonds is 5. The van der Waals surface area contributed by atoms with Gasteiger partial charge in [-0.1, -0.05) is 13.8 Å². The van der Waals surface area contributed by atoms with E-state index < -0.39 is 0 Å². The molecule has 3 heterocycles. The second-order valence-corrected chi connectivity index (χ2v) is 6.24. The van der Waals surface area contributed by atoms with Gasteiger partial charge >= 0.3 is 0 Å². The summed E-state index contributed by atoms with van der Waals surface area (Å²) in [6.45, 7) is 6.50. The van der Waals surface area contributed by atoms with Crippen LogP contribution >= 0.6 is 0 Å².